The van der Waals surface area contributed by atoms with Gasteiger partial charge < -0.3 is 20.5 Å². The van der Waals surface area contributed by atoms with Crippen LogP contribution >= 0.6 is 11.3 Å². The number of nitrogens with zero attached hydrogens (tertiary/aromatic N) is 3. The maximum absolute atomic E-state index is 13.0. The van der Waals surface area contributed by atoms with Crippen molar-refractivity contribution in [3.8, 4) is 22.0 Å². The van der Waals surface area contributed by atoms with Crippen LogP contribution in [-0.4, -0.2) is 57.8 Å². The Morgan fingerprint density at radius 1 is 1.13 bits per heavy atom. The van der Waals surface area contributed by atoms with Crippen molar-refractivity contribution in [3.05, 3.63) is 76.1 Å². The van der Waals surface area contributed by atoms with Gasteiger partial charge in [0.2, 0.25) is 0 Å². The van der Waals surface area contributed by atoms with Gasteiger partial charge in [0.05, 0.1) is 22.5 Å². The fourth-order valence-corrected chi connectivity index (χ4v) is 5.67. The number of H-pyrrole nitrogens is 1. The van der Waals surface area contributed by atoms with E-state index in [9.17, 15) is 9.59 Å². The van der Waals surface area contributed by atoms with E-state index in [1.54, 1.807) is 6.20 Å². The van der Waals surface area contributed by atoms with E-state index in [0.717, 1.165) is 69.8 Å². The second kappa shape index (κ2) is 11.3. The van der Waals surface area contributed by atoms with Gasteiger partial charge in [0.25, 0.3) is 11.8 Å². The smallest absolute Gasteiger partial charge is 0.256 e. The molecule has 0 radical (unpaired) electrons. The van der Waals surface area contributed by atoms with E-state index in [-0.39, 0.29) is 11.8 Å². The lowest BCUT2D eigenvalue weighted by atomic mass is 10.0. The number of aryl methyl sites for hydroxylation is 1. The van der Waals surface area contributed by atoms with Gasteiger partial charge in [-0.2, -0.15) is 0 Å². The molecule has 1 aromatic carbocycles. The molecule has 0 spiro atoms. The summed E-state index contributed by atoms with van der Waals surface area (Å²) in [6.45, 7) is 11.3. The number of thiazole rings is 1. The highest BCUT2D eigenvalue weighted by Crippen LogP contribution is 2.37. The Balaban J connectivity index is 1.41. The Morgan fingerprint density at radius 2 is 1.95 bits per heavy atom. The first-order chi connectivity index (χ1) is 18.9. The van der Waals surface area contributed by atoms with E-state index in [1.807, 2.05) is 61.7 Å². The number of anilines is 1. The van der Waals surface area contributed by atoms with Crippen LogP contribution in [0, 0.1) is 13.8 Å². The molecule has 4 heterocycles. The second-order valence-electron chi connectivity index (χ2n) is 9.47. The number of carbonyl (C=O) groups excluding carboxylic acids is 2. The number of nitrogens with one attached hydrogen (secondary N) is 3. The van der Waals surface area contributed by atoms with Gasteiger partial charge in [0, 0.05) is 52.9 Å². The number of aromatic nitrogens is 3. The van der Waals surface area contributed by atoms with Crippen molar-refractivity contribution in [1.29, 1.82) is 0 Å². The third-order valence-corrected chi connectivity index (χ3v) is 7.95. The van der Waals surface area contributed by atoms with Gasteiger partial charge in [0.15, 0.2) is 0 Å². The third-order valence-electron chi connectivity index (χ3n) is 7.09. The molecule has 2 amide bonds. The van der Waals surface area contributed by atoms with Crippen molar-refractivity contribution in [2.24, 2.45) is 0 Å². The number of likely N-dealkylation sites (N-methyl/N-ethyl adjacent to an activating group) is 1. The highest BCUT2D eigenvalue weighted by atomic mass is 32.1. The minimum Gasteiger partial charge on any atom is -0.358 e. The fourth-order valence-electron chi connectivity index (χ4n) is 4.86. The van der Waals surface area contributed by atoms with Crippen LogP contribution in [0.5, 0.6) is 0 Å². The van der Waals surface area contributed by atoms with Crippen LogP contribution in [-0.2, 0) is 4.79 Å². The number of hydrogen-bond acceptors (Lipinski definition) is 6. The van der Waals surface area contributed by atoms with Gasteiger partial charge in [-0.05, 0) is 62.8 Å². The number of aromatic amines is 1. The predicted octanol–water partition coefficient (Wildman–Crippen LogP) is 5.38. The molecule has 0 atom stereocenters. The largest absolute Gasteiger partial charge is 0.358 e. The average Bonchev–Trinajstić information content (AvgIpc) is 3.63. The molecule has 0 saturated heterocycles. The van der Waals surface area contributed by atoms with Gasteiger partial charge in [0.1, 0.15) is 5.01 Å². The van der Waals surface area contributed by atoms with Gasteiger partial charge in [-0.3, -0.25) is 14.6 Å². The average molecular weight is 541 g/mol. The normalized spacial score (nSPS) is 13.7. The van der Waals surface area contributed by atoms with Crippen LogP contribution in [0.2, 0.25) is 0 Å². The summed E-state index contributed by atoms with van der Waals surface area (Å²) < 4.78 is 0. The molecule has 39 heavy (non-hydrogen) atoms. The molecule has 5 rings (SSSR count). The first kappa shape index (κ1) is 26.5. The molecule has 0 bridgehead atoms. The fraction of sp³-hybridized carbons (Fsp3) is 0.267. The molecule has 1 aliphatic rings. The summed E-state index contributed by atoms with van der Waals surface area (Å²) in [5.74, 6) is -0.282. The topological polar surface area (TPSA) is 103 Å². The van der Waals surface area contributed by atoms with Crippen molar-refractivity contribution in [2.75, 3.05) is 31.5 Å². The van der Waals surface area contributed by atoms with Crippen LogP contribution in [0.1, 0.15) is 46.7 Å². The lowest BCUT2D eigenvalue weighted by molar-refractivity contribution is -0.110. The Labute approximate surface area is 232 Å². The molecule has 0 saturated carbocycles. The molecule has 4 aromatic rings. The predicted molar refractivity (Wildman–Crippen MR) is 158 cm³/mol. The Bertz CT molecular complexity index is 1550. The summed E-state index contributed by atoms with van der Waals surface area (Å²) in [5, 5.41) is 8.84. The molecule has 3 N–H and O–H groups in total. The summed E-state index contributed by atoms with van der Waals surface area (Å²) in [7, 11) is 0. The summed E-state index contributed by atoms with van der Waals surface area (Å²) >= 11 is 1.54. The molecule has 0 aliphatic carbocycles. The maximum Gasteiger partial charge on any atom is 0.256 e. The summed E-state index contributed by atoms with van der Waals surface area (Å²) in [6.07, 6.45) is 3.59. The van der Waals surface area contributed by atoms with Crippen LogP contribution in [0.25, 0.3) is 33.6 Å². The molecule has 3 aromatic heterocycles. The maximum atomic E-state index is 13.0. The first-order valence-electron chi connectivity index (χ1n) is 13.1. The molecule has 1 aliphatic heterocycles. The van der Waals surface area contributed by atoms with Crippen molar-refractivity contribution >= 4 is 40.5 Å². The molecular formula is C30H32N6O2S. The second-order valence-corrected chi connectivity index (χ2v) is 10.3. The molecular weight excluding hydrogens is 508 g/mol. The van der Waals surface area contributed by atoms with Crippen molar-refractivity contribution in [2.45, 2.75) is 27.7 Å². The zero-order valence-electron chi connectivity index (χ0n) is 22.6. The zero-order chi connectivity index (χ0) is 27.5. The quantitative estimate of drug-likeness (QED) is 0.247. The molecule has 9 heteroatoms. The number of carbonyl (C=O) groups is 2. The van der Waals surface area contributed by atoms with Gasteiger partial charge in [-0.25, -0.2) is 4.98 Å². The third kappa shape index (κ3) is 5.41. The lowest BCUT2D eigenvalue weighted by Gasteiger charge is -2.18. The standard InChI is InChI=1S/C30H32N6O2S/c1-5-36(6-2)14-13-32-29(38)27-18(3)25(33-19(27)4)16-22-21-15-20(10-11-23(21)34-28(22)37)26-17-39-30(35-26)24-9-7-8-12-31-24/h7-12,15-17,33H,5-6,13-14H2,1-4H3,(H,32,38)(H,34,37). The van der Waals surface area contributed by atoms with E-state index < -0.39 is 0 Å². The van der Waals surface area contributed by atoms with Crippen molar-refractivity contribution in [3.63, 3.8) is 0 Å². The minimum absolute atomic E-state index is 0.108. The molecule has 0 unspecified atom stereocenters. The number of fused-ring (bicyclic) bond motifs is 1. The number of hydrogen-bond donors (Lipinski definition) is 3. The monoisotopic (exact) mass is 540 g/mol. The highest BCUT2D eigenvalue weighted by molar-refractivity contribution is 7.13. The summed E-state index contributed by atoms with van der Waals surface area (Å²) in [5.41, 5.74) is 7.65. The molecule has 200 valence electrons. The number of rotatable bonds is 9. The van der Waals surface area contributed by atoms with Crippen LogP contribution in [0.15, 0.2) is 48.0 Å². The first-order valence-corrected chi connectivity index (χ1v) is 14.0. The van der Waals surface area contributed by atoms with E-state index >= 15 is 0 Å². The van der Waals surface area contributed by atoms with E-state index in [2.05, 4.69) is 39.3 Å². The minimum atomic E-state index is -0.175. The van der Waals surface area contributed by atoms with Gasteiger partial charge in [-0.1, -0.05) is 26.0 Å². The van der Waals surface area contributed by atoms with Crippen molar-refractivity contribution in [1.82, 2.24) is 25.2 Å². The van der Waals surface area contributed by atoms with Crippen LogP contribution < -0.4 is 10.6 Å². The molecule has 8 nitrogen and oxygen atoms in total. The SMILES string of the molecule is CCN(CC)CCNC(=O)c1c(C)[nH]c(C=C2C(=O)Nc3ccc(-c4csc(-c5ccccn5)n4)cc32)c1C. The lowest BCUT2D eigenvalue weighted by Crippen LogP contribution is -2.35. The zero-order valence-corrected chi connectivity index (χ0v) is 23.4. The number of amides is 2. The van der Waals surface area contributed by atoms with E-state index in [1.165, 1.54) is 11.3 Å². The summed E-state index contributed by atoms with van der Waals surface area (Å²) in [6, 6.07) is 11.6. The van der Waals surface area contributed by atoms with Crippen LogP contribution in [0.3, 0.4) is 0 Å². The van der Waals surface area contributed by atoms with Gasteiger partial charge in [-0.15, -0.1) is 11.3 Å². The van der Waals surface area contributed by atoms with Crippen LogP contribution in [0.4, 0.5) is 5.69 Å². The van der Waals surface area contributed by atoms with Crippen molar-refractivity contribution < 1.29 is 9.59 Å². The number of benzene rings is 1. The van der Waals surface area contributed by atoms with E-state index in [4.69, 9.17) is 4.98 Å². The highest BCUT2D eigenvalue weighted by Gasteiger charge is 2.26. The van der Waals surface area contributed by atoms with E-state index in [0.29, 0.717) is 17.7 Å². The summed E-state index contributed by atoms with van der Waals surface area (Å²) in [4.78, 5) is 40.7. The number of pyridine rings is 1. The Kier molecular flexibility index (Phi) is 7.72. The Hall–Kier alpha value is -4.08. The Morgan fingerprint density at radius 3 is 2.69 bits per heavy atom. The van der Waals surface area contributed by atoms with Gasteiger partial charge >= 0.3 is 0 Å². The molecule has 0 fully saturated rings.